The molecule has 80 valence electrons. The number of cyclic esters (lactones) is 1. The van der Waals surface area contributed by atoms with Crippen molar-refractivity contribution in [1.29, 1.82) is 0 Å². The van der Waals surface area contributed by atoms with Crippen molar-refractivity contribution in [2.45, 2.75) is 6.10 Å². The summed E-state index contributed by atoms with van der Waals surface area (Å²) in [6.07, 6.45) is -0.760. The fourth-order valence-electron chi connectivity index (χ4n) is 1.53. The minimum atomic E-state index is -0.466. The Bertz CT molecular complexity index is 381. The number of carbonyl (C=O) groups excluding carboxylic acids is 1. The topological polar surface area (TPSA) is 75.8 Å². The summed E-state index contributed by atoms with van der Waals surface area (Å²) in [5, 5.41) is 9.57. The van der Waals surface area contributed by atoms with Gasteiger partial charge in [-0.1, -0.05) is 12.1 Å². The third kappa shape index (κ3) is 1.73. The Labute approximate surface area is 87.1 Å². The summed E-state index contributed by atoms with van der Waals surface area (Å²) < 4.78 is 4.98. The fourth-order valence-corrected chi connectivity index (χ4v) is 1.53. The van der Waals surface area contributed by atoms with Crippen LogP contribution in [0, 0.1) is 0 Å². The van der Waals surface area contributed by atoms with Crippen LogP contribution in [0.3, 0.4) is 0 Å². The van der Waals surface area contributed by atoms with E-state index in [4.69, 9.17) is 10.5 Å². The third-order valence-corrected chi connectivity index (χ3v) is 2.31. The highest BCUT2D eigenvalue weighted by molar-refractivity contribution is 5.91. The van der Waals surface area contributed by atoms with Gasteiger partial charge in [0, 0.05) is 6.54 Å². The zero-order valence-electron chi connectivity index (χ0n) is 8.09. The quantitative estimate of drug-likeness (QED) is 0.749. The summed E-state index contributed by atoms with van der Waals surface area (Å²) in [4.78, 5) is 12.8. The van der Waals surface area contributed by atoms with Gasteiger partial charge in [0.05, 0.1) is 12.2 Å². The maximum absolute atomic E-state index is 11.4. The van der Waals surface area contributed by atoms with Crippen LogP contribution >= 0.6 is 0 Å². The number of phenols is 1. The molecule has 1 saturated heterocycles. The van der Waals surface area contributed by atoms with E-state index in [9.17, 15) is 9.90 Å². The maximum Gasteiger partial charge on any atom is 0.414 e. The number of aromatic hydroxyl groups is 1. The first kappa shape index (κ1) is 9.79. The Kier molecular flexibility index (Phi) is 2.47. The lowest BCUT2D eigenvalue weighted by molar-refractivity contribution is 0.145. The highest BCUT2D eigenvalue weighted by atomic mass is 16.6. The van der Waals surface area contributed by atoms with Crippen molar-refractivity contribution < 1.29 is 14.6 Å². The van der Waals surface area contributed by atoms with Crippen molar-refractivity contribution in [3.63, 3.8) is 0 Å². The Balaban J connectivity index is 2.25. The maximum atomic E-state index is 11.4. The van der Waals surface area contributed by atoms with Crippen LogP contribution in [-0.2, 0) is 4.74 Å². The van der Waals surface area contributed by atoms with Crippen molar-refractivity contribution in [3.05, 3.63) is 24.3 Å². The predicted molar refractivity (Wildman–Crippen MR) is 54.8 cm³/mol. The molecule has 1 aliphatic heterocycles. The van der Waals surface area contributed by atoms with Gasteiger partial charge in [-0.15, -0.1) is 0 Å². The largest absolute Gasteiger partial charge is 0.506 e. The summed E-state index contributed by atoms with van der Waals surface area (Å²) in [6, 6.07) is 6.63. The molecule has 1 aromatic rings. The molecule has 0 aromatic heterocycles. The minimum absolute atomic E-state index is 0.0621. The van der Waals surface area contributed by atoms with E-state index >= 15 is 0 Å². The zero-order chi connectivity index (χ0) is 10.8. The van der Waals surface area contributed by atoms with Crippen LogP contribution in [0.25, 0.3) is 0 Å². The average Bonchev–Trinajstić information content (AvgIpc) is 2.60. The number of nitrogens with two attached hydrogens (primary N) is 1. The Hall–Kier alpha value is -1.75. The first-order chi connectivity index (χ1) is 7.22. The van der Waals surface area contributed by atoms with Gasteiger partial charge in [0.2, 0.25) is 0 Å². The second-order valence-electron chi connectivity index (χ2n) is 3.34. The molecule has 0 radical (unpaired) electrons. The molecule has 0 saturated carbocycles. The van der Waals surface area contributed by atoms with Gasteiger partial charge in [-0.05, 0) is 12.1 Å². The monoisotopic (exact) mass is 208 g/mol. The molecule has 3 N–H and O–H groups in total. The number of para-hydroxylation sites is 2. The molecule has 0 spiro atoms. The molecule has 5 nitrogen and oxygen atoms in total. The van der Waals surface area contributed by atoms with Crippen LogP contribution < -0.4 is 10.6 Å². The van der Waals surface area contributed by atoms with Crippen LogP contribution in [0.15, 0.2) is 24.3 Å². The van der Waals surface area contributed by atoms with Gasteiger partial charge in [-0.25, -0.2) is 4.79 Å². The van der Waals surface area contributed by atoms with Gasteiger partial charge < -0.3 is 15.6 Å². The number of amides is 1. The van der Waals surface area contributed by atoms with Crippen LogP contribution in [0.1, 0.15) is 0 Å². The first-order valence-corrected chi connectivity index (χ1v) is 4.68. The Morgan fingerprint density at radius 2 is 2.27 bits per heavy atom. The molecule has 1 fully saturated rings. The number of rotatable bonds is 2. The molecule has 1 aliphatic rings. The van der Waals surface area contributed by atoms with E-state index < -0.39 is 6.09 Å². The van der Waals surface area contributed by atoms with Crippen molar-refractivity contribution in [1.82, 2.24) is 0 Å². The van der Waals surface area contributed by atoms with Crippen LogP contribution in [0.5, 0.6) is 5.75 Å². The molecule has 1 heterocycles. The molecule has 5 heteroatoms. The summed E-state index contributed by atoms with van der Waals surface area (Å²) in [6.45, 7) is 0.669. The van der Waals surface area contributed by atoms with Crippen molar-refractivity contribution in [3.8, 4) is 5.75 Å². The number of hydrogen-bond acceptors (Lipinski definition) is 4. The summed E-state index contributed by atoms with van der Waals surface area (Å²) in [5.74, 6) is 0.0621. The van der Waals surface area contributed by atoms with Gasteiger partial charge in [0.25, 0.3) is 0 Å². The highest BCUT2D eigenvalue weighted by Crippen LogP contribution is 2.29. The second-order valence-corrected chi connectivity index (χ2v) is 3.34. The molecule has 1 aromatic carbocycles. The van der Waals surface area contributed by atoms with Gasteiger partial charge in [-0.3, -0.25) is 4.90 Å². The molecule has 0 aliphatic carbocycles. The number of hydrogen-bond donors (Lipinski definition) is 2. The van der Waals surface area contributed by atoms with E-state index in [-0.39, 0.29) is 18.4 Å². The van der Waals surface area contributed by atoms with Crippen molar-refractivity contribution >= 4 is 11.8 Å². The van der Waals surface area contributed by atoms with Gasteiger partial charge in [0.1, 0.15) is 11.9 Å². The minimum Gasteiger partial charge on any atom is -0.506 e. The van der Waals surface area contributed by atoms with Crippen LogP contribution in [0.4, 0.5) is 10.5 Å². The smallest absolute Gasteiger partial charge is 0.414 e. The van der Waals surface area contributed by atoms with Crippen LogP contribution in [-0.4, -0.2) is 30.4 Å². The van der Waals surface area contributed by atoms with E-state index in [1.165, 1.54) is 11.0 Å². The molecular formula is C10H12N2O3. The summed E-state index contributed by atoms with van der Waals surface area (Å²) >= 11 is 0. The van der Waals surface area contributed by atoms with E-state index in [0.717, 1.165) is 0 Å². The number of anilines is 1. The standard InChI is InChI=1S/C10H12N2O3/c11-5-7-6-12(10(14)15-7)8-3-1-2-4-9(8)13/h1-4,7,13H,5-6,11H2/t7-/m0/s1. The Morgan fingerprint density at radius 1 is 1.53 bits per heavy atom. The number of carbonyl (C=O) groups is 1. The zero-order valence-corrected chi connectivity index (χ0v) is 8.09. The first-order valence-electron chi connectivity index (χ1n) is 4.68. The number of ether oxygens (including phenoxy) is 1. The molecule has 0 unspecified atom stereocenters. The fraction of sp³-hybridized carbons (Fsp3) is 0.300. The number of phenolic OH excluding ortho intramolecular Hbond substituents is 1. The molecular weight excluding hydrogens is 196 g/mol. The molecule has 1 amide bonds. The lowest BCUT2D eigenvalue weighted by atomic mass is 10.2. The summed E-state index contributed by atoms with van der Waals surface area (Å²) in [5.41, 5.74) is 5.86. The third-order valence-electron chi connectivity index (χ3n) is 2.31. The van der Waals surface area contributed by atoms with Gasteiger partial charge >= 0.3 is 6.09 Å². The number of benzene rings is 1. The van der Waals surface area contributed by atoms with Crippen molar-refractivity contribution in [2.24, 2.45) is 5.73 Å². The Morgan fingerprint density at radius 3 is 2.87 bits per heavy atom. The SMILES string of the molecule is NC[C@H]1CN(c2ccccc2O)C(=O)O1. The van der Waals surface area contributed by atoms with E-state index in [2.05, 4.69) is 0 Å². The van der Waals surface area contributed by atoms with Gasteiger partial charge in [0.15, 0.2) is 0 Å². The van der Waals surface area contributed by atoms with E-state index in [1.807, 2.05) is 0 Å². The lowest BCUT2D eigenvalue weighted by Crippen LogP contribution is -2.27. The van der Waals surface area contributed by atoms with Gasteiger partial charge in [-0.2, -0.15) is 0 Å². The lowest BCUT2D eigenvalue weighted by Gasteiger charge is -2.13. The summed E-state index contributed by atoms with van der Waals surface area (Å²) in [7, 11) is 0. The normalized spacial score (nSPS) is 20.5. The van der Waals surface area contributed by atoms with Crippen LogP contribution in [0.2, 0.25) is 0 Å². The van der Waals surface area contributed by atoms with E-state index in [1.54, 1.807) is 18.2 Å². The molecule has 15 heavy (non-hydrogen) atoms. The molecule has 0 bridgehead atoms. The number of nitrogens with zero attached hydrogens (tertiary/aromatic N) is 1. The highest BCUT2D eigenvalue weighted by Gasteiger charge is 2.32. The molecule has 2 rings (SSSR count). The average molecular weight is 208 g/mol. The van der Waals surface area contributed by atoms with E-state index in [0.29, 0.717) is 12.2 Å². The molecule has 1 atom stereocenters. The van der Waals surface area contributed by atoms with Crippen molar-refractivity contribution in [2.75, 3.05) is 18.0 Å². The predicted octanol–water partition coefficient (Wildman–Crippen LogP) is 0.676. The second kappa shape index (κ2) is 3.78.